The highest BCUT2D eigenvalue weighted by molar-refractivity contribution is 5.44. The first kappa shape index (κ1) is 14.0. The zero-order valence-corrected chi connectivity index (χ0v) is 10.2. The van der Waals surface area contributed by atoms with Gasteiger partial charge in [-0.15, -0.1) is 0 Å². The zero-order valence-electron chi connectivity index (χ0n) is 10.2. The molecular weight excluding hydrogens is 184 g/mol. The van der Waals surface area contributed by atoms with Gasteiger partial charge in [0.15, 0.2) is 0 Å². The molecule has 86 valence electrons. The van der Waals surface area contributed by atoms with Gasteiger partial charge in [-0.2, -0.15) is 0 Å². The summed E-state index contributed by atoms with van der Waals surface area (Å²) < 4.78 is 0. The Labute approximate surface area is 94.1 Å². The molecule has 0 aliphatic carbocycles. The summed E-state index contributed by atoms with van der Waals surface area (Å²) in [6.45, 7) is 6.04. The van der Waals surface area contributed by atoms with Crippen LogP contribution in [0.5, 0.6) is 0 Å². The lowest BCUT2D eigenvalue weighted by molar-refractivity contribution is 0.796. The maximum absolute atomic E-state index is 5.43. The van der Waals surface area contributed by atoms with Crippen molar-refractivity contribution in [3.05, 3.63) is 30.3 Å². The van der Waals surface area contributed by atoms with Crippen LogP contribution in [0.15, 0.2) is 30.3 Å². The van der Waals surface area contributed by atoms with E-state index >= 15 is 0 Å². The van der Waals surface area contributed by atoms with E-state index in [1.165, 1.54) is 12.1 Å². The van der Waals surface area contributed by atoms with E-state index < -0.39 is 0 Å². The SMILES string of the molecule is CCC.CN(CCCN)c1ccccc1. The van der Waals surface area contributed by atoms with Crippen LogP contribution >= 0.6 is 0 Å². The summed E-state index contributed by atoms with van der Waals surface area (Å²) >= 11 is 0. The predicted molar refractivity (Wildman–Crippen MR) is 69.3 cm³/mol. The molecule has 0 unspecified atom stereocenters. The molecule has 0 saturated heterocycles. The summed E-state index contributed by atoms with van der Waals surface area (Å²) in [5.41, 5.74) is 6.68. The third-order valence-corrected chi connectivity index (χ3v) is 1.89. The smallest absolute Gasteiger partial charge is 0.0363 e. The van der Waals surface area contributed by atoms with Crippen LogP contribution in [0.2, 0.25) is 0 Å². The second-order valence-corrected chi connectivity index (χ2v) is 3.61. The molecule has 0 saturated carbocycles. The second kappa shape index (κ2) is 9.53. The Kier molecular flexibility index (Phi) is 8.88. The van der Waals surface area contributed by atoms with Gasteiger partial charge in [0.2, 0.25) is 0 Å². The third kappa shape index (κ3) is 6.97. The van der Waals surface area contributed by atoms with Gasteiger partial charge in [0.05, 0.1) is 0 Å². The highest BCUT2D eigenvalue weighted by atomic mass is 15.1. The summed E-state index contributed by atoms with van der Waals surface area (Å²) in [6.07, 6.45) is 2.30. The van der Waals surface area contributed by atoms with Crippen molar-refractivity contribution in [1.82, 2.24) is 0 Å². The van der Waals surface area contributed by atoms with Gasteiger partial charge >= 0.3 is 0 Å². The molecule has 2 N–H and O–H groups in total. The fraction of sp³-hybridized carbons (Fsp3) is 0.538. The van der Waals surface area contributed by atoms with E-state index in [0.717, 1.165) is 19.5 Å². The lowest BCUT2D eigenvalue weighted by Crippen LogP contribution is -2.20. The van der Waals surface area contributed by atoms with Gasteiger partial charge in [0, 0.05) is 19.3 Å². The van der Waals surface area contributed by atoms with Crippen LogP contribution in [0, 0.1) is 0 Å². The van der Waals surface area contributed by atoms with Crippen molar-refractivity contribution < 1.29 is 0 Å². The molecule has 15 heavy (non-hydrogen) atoms. The maximum Gasteiger partial charge on any atom is 0.0363 e. The Balaban J connectivity index is 0.000000583. The van der Waals surface area contributed by atoms with Crippen molar-refractivity contribution in [1.29, 1.82) is 0 Å². The zero-order chi connectivity index (χ0) is 11.5. The largest absolute Gasteiger partial charge is 0.375 e. The van der Waals surface area contributed by atoms with E-state index in [1.807, 2.05) is 18.2 Å². The van der Waals surface area contributed by atoms with Crippen molar-refractivity contribution in [2.75, 3.05) is 25.0 Å². The molecule has 1 aromatic carbocycles. The lowest BCUT2D eigenvalue weighted by Gasteiger charge is -2.18. The minimum Gasteiger partial charge on any atom is -0.375 e. The minimum absolute atomic E-state index is 0.761. The summed E-state index contributed by atoms with van der Waals surface area (Å²) in [7, 11) is 2.09. The van der Waals surface area contributed by atoms with E-state index in [9.17, 15) is 0 Å². The van der Waals surface area contributed by atoms with Crippen molar-refractivity contribution >= 4 is 5.69 Å². The Morgan fingerprint density at radius 1 is 1.13 bits per heavy atom. The summed E-state index contributed by atoms with van der Waals surface area (Å²) in [5.74, 6) is 0. The van der Waals surface area contributed by atoms with Crippen LogP contribution in [0.1, 0.15) is 26.7 Å². The highest BCUT2D eigenvalue weighted by Gasteiger charge is 1.96. The molecule has 0 fully saturated rings. The number of rotatable bonds is 4. The molecule has 0 radical (unpaired) electrons. The molecule has 0 atom stereocenters. The summed E-state index contributed by atoms with van der Waals surface area (Å²) in [5, 5.41) is 0. The van der Waals surface area contributed by atoms with Gasteiger partial charge in [-0.1, -0.05) is 38.5 Å². The maximum atomic E-state index is 5.43. The van der Waals surface area contributed by atoms with Gasteiger partial charge in [-0.3, -0.25) is 0 Å². The number of nitrogens with two attached hydrogens (primary N) is 1. The van der Waals surface area contributed by atoms with Gasteiger partial charge in [0.25, 0.3) is 0 Å². The molecular formula is C13H24N2. The number of hydrogen-bond donors (Lipinski definition) is 1. The van der Waals surface area contributed by atoms with Crippen molar-refractivity contribution in [2.45, 2.75) is 26.7 Å². The Hall–Kier alpha value is -1.02. The van der Waals surface area contributed by atoms with Gasteiger partial charge in [-0.05, 0) is 25.1 Å². The van der Waals surface area contributed by atoms with Crippen molar-refractivity contribution in [3.63, 3.8) is 0 Å². The van der Waals surface area contributed by atoms with Crippen LogP contribution in [0.25, 0.3) is 0 Å². The topological polar surface area (TPSA) is 29.3 Å². The Bertz CT molecular complexity index is 221. The summed E-state index contributed by atoms with van der Waals surface area (Å²) in [4.78, 5) is 2.22. The third-order valence-electron chi connectivity index (χ3n) is 1.89. The van der Waals surface area contributed by atoms with Gasteiger partial charge < -0.3 is 10.6 Å². The standard InChI is InChI=1S/C10H16N2.C3H8/c1-12(9-5-8-11)10-6-3-2-4-7-10;1-3-2/h2-4,6-7H,5,8-9,11H2,1H3;3H2,1-2H3. The first-order chi connectivity index (χ1) is 7.26. The van der Waals surface area contributed by atoms with Crippen LogP contribution in [-0.2, 0) is 0 Å². The molecule has 0 heterocycles. The summed E-state index contributed by atoms with van der Waals surface area (Å²) in [6, 6.07) is 10.3. The normalized spacial score (nSPS) is 9.07. The number of para-hydroxylation sites is 1. The van der Waals surface area contributed by atoms with E-state index in [1.54, 1.807) is 0 Å². The quantitative estimate of drug-likeness (QED) is 0.824. The van der Waals surface area contributed by atoms with E-state index in [4.69, 9.17) is 5.73 Å². The van der Waals surface area contributed by atoms with E-state index in [0.29, 0.717) is 0 Å². The van der Waals surface area contributed by atoms with E-state index in [-0.39, 0.29) is 0 Å². The number of anilines is 1. The molecule has 1 aromatic rings. The molecule has 0 bridgehead atoms. The second-order valence-electron chi connectivity index (χ2n) is 3.61. The van der Waals surface area contributed by atoms with Crippen LogP contribution in [0.4, 0.5) is 5.69 Å². The first-order valence-electron chi connectivity index (χ1n) is 5.72. The molecule has 2 nitrogen and oxygen atoms in total. The molecule has 1 rings (SSSR count). The Morgan fingerprint density at radius 3 is 2.13 bits per heavy atom. The van der Waals surface area contributed by atoms with E-state index in [2.05, 4.69) is 37.9 Å². The van der Waals surface area contributed by atoms with Crippen molar-refractivity contribution in [2.24, 2.45) is 5.73 Å². The molecule has 2 heteroatoms. The van der Waals surface area contributed by atoms with Gasteiger partial charge in [0.1, 0.15) is 0 Å². The van der Waals surface area contributed by atoms with Crippen LogP contribution in [0.3, 0.4) is 0 Å². The predicted octanol–water partition coefficient (Wildman–Crippen LogP) is 2.89. The lowest BCUT2D eigenvalue weighted by atomic mass is 10.3. The monoisotopic (exact) mass is 208 g/mol. The average Bonchev–Trinajstić information content (AvgIpc) is 2.28. The molecule has 0 amide bonds. The number of nitrogens with zero attached hydrogens (tertiary/aromatic N) is 1. The minimum atomic E-state index is 0.761. The molecule has 0 aliphatic heterocycles. The van der Waals surface area contributed by atoms with Crippen molar-refractivity contribution in [3.8, 4) is 0 Å². The average molecular weight is 208 g/mol. The van der Waals surface area contributed by atoms with Gasteiger partial charge in [-0.25, -0.2) is 0 Å². The molecule has 0 aromatic heterocycles. The fourth-order valence-electron chi connectivity index (χ4n) is 1.14. The highest BCUT2D eigenvalue weighted by Crippen LogP contribution is 2.10. The fourth-order valence-corrected chi connectivity index (χ4v) is 1.14. The number of hydrogen-bond acceptors (Lipinski definition) is 2. The molecule has 0 aliphatic rings. The first-order valence-corrected chi connectivity index (χ1v) is 5.72. The molecule has 0 spiro atoms. The van der Waals surface area contributed by atoms with Crippen LogP contribution in [-0.4, -0.2) is 20.1 Å². The number of benzene rings is 1. The van der Waals surface area contributed by atoms with Crippen LogP contribution < -0.4 is 10.6 Å². The Morgan fingerprint density at radius 2 is 1.67 bits per heavy atom.